The van der Waals surface area contributed by atoms with E-state index in [9.17, 15) is 0 Å². The van der Waals surface area contributed by atoms with Gasteiger partial charge in [-0.2, -0.15) is 0 Å². The molecule has 2 aliphatic rings. The molecule has 5 nitrogen and oxygen atoms in total. The number of rotatable bonds is 2. The largest absolute Gasteiger partial charge is 0.412 e. The van der Waals surface area contributed by atoms with Gasteiger partial charge in [-0.1, -0.05) is 6.58 Å². The third kappa shape index (κ3) is 2.24. The quantitative estimate of drug-likeness (QED) is 0.643. The lowest BCUT2D eigenvalue weighted by molar-refractivity contribution is 0.248. The predicted octanol–water partition coefficient (Wildman–Crippen LogP) is -0.0149. The predicted molar refractivity (Wildman–Crippen MR) is 60.0 cm³/mol. The molecule has 0 saturated heterocycles. The van der Waals surface area contributed by atoms with Gasteiger partial charge in [-0.15, -0.1) is 0 Å². The first kappa shape index (κ1) is 11.5. The van der Waals surface area contributed by atoms with Crippen LogP contribution < -0.4 is 0 Å². The van der Waals surface area contributed by atoms with Crippen molar-refractivity contribution in [2.45, 2.75) is 0 Å². The first-order valence-corrected chi connectivity index (χ1v) is 4.66. The van der Waals surface area contributed by atoms with Crippen LogP contribution in [0.5, 0.6) is 0 Å². The summed E-state index contributed by atoms with van der Waals surface area (Å²) in [5.74, 6) is 1.02. The van der Waals surface area contributed by atoms with Gasteiger partial charge in [0.2, 0.25) is 0 Å². The number of hydrogen-bond donors (Lipinski definition) is 0. The molecule has 0 amide bonds. The molecule has 0 atom stereocenters. The molecule has 0 bridgehead atoms. The van der Waals surface area contributed by atoms with Crippen LogP contribution in [-0.2, 0) is 0 Å². The van der Waals surface area contributed by atoms with Crippen molar-refractivity contribution in [2.75, 3.05) is 27.4 Å². The SMILES string of the molecule is C=C(N1C=CN(C)C1)N1C=CN(C)C1.O. The molecule has 0 saturated carbocycles. The lowest BCUT2D eigenvalue weighted by atomic mass is 10.6. The minimum absolute atomic E-state index is 0. The summed E-state index contributed by atoms with van der Waals surface area (Å²) >= 11 is 0. The van der Waals surface area contributed by atoms with Crippen LogP contribution in [0.3, 0.4) is 0 Å². The molecule has 0 aliphatic carbocycles. The van der Waals surface area contributed by atoms with Crippen molar-refractivity contribution < 1.29 is 5.48 Å². The molecule has 5 heteroatoms. The van der Waals surface area contributed by atoms with Crippen molar-refractivity contribution >= 4 is 0 Å². The Morgan fingerprint density at radius 3 is 1.60 bits per heavy atom. The Bertz CT molecular complexity index is 272. The van der Waals surface area contributed by atoms with Crippen molar-refractivity contribution in [3.05, 3.63) is 37.2 Å². The fourth-order valence-corrected chi connectivity index (χ4v) is 1.56. The normalized spacial score (nSPS) is 18.8. The van der Waals surface area contributed by atoms with Crippen molar-refractivity contribution in [3.63, 3.8) is 0 Å². The van der Waals surface area contributed by atoms with E-state index >= 15 is 0 Å². The van der Waals surface area contributed by atoms with Crippen molar-refractivity contribution in [3.8, 4) is 0 Å². The summed E-state index contributed by atoms with van der Waals surface area (Å²) in [6.07, 6.45) is 8.20. The molecule has 2 heterocycles. The second-order valence-corrected chi connectivity index (χ2v) is 3.75. The highest BCUT2D eigenvalue weighted by molar-refractivity contribution is 5.09. The second kappa shape index (κ2) is 4.27. The molecule has 0 aromatic rings. The van der Waals surface area contributed by atoms with Gasteiger partial charge in [0.25, 0.3) is 0 Å². The summed E-state index contributed by atoms with van der Waals surface area (Å²) in [6, 6.07) is 0. The van der Waals surface area contributed by atoms with E-state index in [0.29, 0.717) is 0 Å². The summed E-state index contributed by atoms with van der Waals surface area (Å²) in [5.41, 5.74) is 0. The third-order valence-electron chi connectivity index (χ3n) is 2.42. The molecule has 2 aliphatic heterocycles. The maximum absolute atomic E-state index is 4.08. The number of nitrogens with zero attached hydrogens (tertiary/aromatic N) is 4. The fourth-order valence-electron chi connectivity index (χ4n) is 1.56. The Morgan fingerprint density at radius 1 is 0.933 bits per heavy atom. The second-order valence-electron chi connectivity index (χ2n) is 3.75. The summed E-state index contributed by atoms with van der Waals surface area (Å²) < 4.78 is 0. The Kier molecular flexibility index (Phi) is 3.26. The minimum atomic E-state index is 0. The Hall–Kier alpha value is -1.62. The highest BCUT2D eigenvalue weighted by Crippen LogP contribution is 2.17. The van der Waals surface area contributed by atoms with Crippen LogP contribution in [0.4, 0.5) is 0 Å². The summed E-state index contributed by atoms with van der Waals surface area (Å²) in [6.45, 7) is 5.85. The van der Waals surface area contributed by atoms with Crippen LogP contribution in [0.25, 0.3) is 0 Å². The number of hydrogen-bond acceptors (Lipinski definition) is 4. The van der Waals surface area contributed by atoms with Crippen LogP contribution in [0, 0.1) is 0 Å². The lowest BCUT2D eigenvalue weighted by Crippen LogP contribution is -2.31. The van der Waals surface area contributed by atoms with Crippen LogP contribution >= 0.6 is 0 Å². The molecule has 0 radical (unpaired) electrons. The molecule has 0 fully saturated rings. The van der Waals surface area contributed by atoms with Gasteiger partial charge in [0.15, 0.2) is 0 Å². The highest BCUT2D eigenvalue weighted by atomic mass is 16.0. The van der Waals surface area contributed by atoms with Crippen LogP contribution in [0.2, 0.25) is 0 Å². The van der Waals surface area contributed by atoms with Gasteiger partial charge in [0, 0.05) is 38.9 Å². The molecule has 0 aromatic carbocycles. The first-order chi connectivity index (χ1) is 6.66. The Morgan fingerprint density at radius 2 is 1.33 bits per heavy atom. The molecule has 2 N–H and O–H groups in total. The monoisotopic (exact) mass is 210 g/mol. The topological polar surface area (TPSA) is 44.5 Å². The van der Waals surface area contributed by atoms with E-state index in [1.54, 1.807) is 0 Å². The summed E-state index contributed by atoms with van der Waals surface area (Å²) in [5, 5.41) is 0. The standard InChI is InChI=1S/C10H16N4.H2O/c1-10(13-6-4-11(2)8-13)14-7-5-12(3)9-14;/h4-7H,1,8-9H2,2-3H3;1H2. The van der Waals surface area contributed by atoms with Gasteiger partial charge in [-0.05, 0) is 0 Å². The van der Waals surface area contributed by atoms with E-state index in [1.807, 2.05) is 0 Å². The van der Waals surface area contributed by atoms with Crippen molar-refractivity contribution in [1.82, 2.24) is 19.6 Å². The maximum Gasteiger partial charge on any atom is 0.108 e. The zero-order valence-electron chi connectivity index (χ0n) is 9.22. The van der Waals surface area contributed by atoms with Crippen molar-refractivity contribution in [2.24, 2.45) is 0 Å². The molecule has 2 rings (SSSR count). The van der Waals surface area contributed by atoms with E-state index in [0.717, 1.165) is 19.2 Å². The maximum atomic E-state index is 4.08. The highest BCUT2D eigenvalue weighted by Gasteiger charge is 2.18. The van der Waals surface area contributed by atoms with E-state index in [2.05, 4.69) is 65.1 Å². The van der Waals surface area contributed by atoms with E-state index in [-0.39, 0.29) is 5.48 Å². The smallest absolute Gasteiger partial charge is 0.108 e. The zero-order chi connectivity index (χ0) is 10.1. The van der Waals surface area contributed by atoms with E-state index in [1.165, 1.54) is 0 Å². The van der Waals surface area contributed by atoms with E-state index < -0.39 is 0 Å². The van der Waals surface area contributed by atoms with Gasteiger partial charge in [-0.25, -0.2) is 0 Å². The van der Waals surface area contributed by atoms with Gasteiger partial charge in [-0.3, -0.25) is 0 Å². The van der Waals surface area contributed by atoms with Gasteiger partial charge in [0.05, 0.1) is 13.3 Å². The van der Waals surface area contributed by atoms with E-state index in [4.69, 9.17) is 0 Å². The molecule has 0 spiro atoms. The molecule has 15 heavy (non-hydrogen) atoms. The lowest BCUT2D eigenvalue weighted by Gasteiger charge is -2.27. The van der Waals surface area contributed by atoms with Crippen LogP contribution in [0.15, 0.2) is 37.2 Å². The van der Waals surface area contributed by atoms with Gasteiger partial charge < -0.3 is 25.1 Å². The average molecular weight is 210 g/mol. The molecular weight excluding hydrogens is 192 g/mol. The molecule has 0 unspecified atom stereocenters. The molecule has 0 aromatic heterocycles. The minimum Gasteiger partial charge on any atom is -0.412 e. The zero-order valence-corrected chi connectivity index (χ0v) is 9.22. The third-order valence-corrected chi connectivity index (χ3v) is 2.42. The average Bonchev–Trinajstić information content (AvgIpc) is 2.73. The fraction of sp³-hybridized carbons (Fsp3) is 0.400. The summed E-state index contributed by atoms with van der Waals surface area (Å²) in [4.78, 5) is 8.50. The van der Waals surface area contributed by atoms with Gasteiger partial charge in [0.1, 0.15) is 5.82 Å². The van der Waals surface area contributed by atoms with Gasteiger partial charge >= 0.3 is 0 Å². The molecular formula is C10H18N4O. The van der Waals surface area contributed by atoms with Crippen molar-refractivity contribution in [1.29, 1.82) is 0 Å². The Balaban J connectivity index is 0.00000112. The Labute approximate surface area is 90.5 Å². The van der Waals surface area contributed by atoms with Crippen LogP contribution in [0.1, 0.15) is 0 Å². The molecule has 84 valence electrons. The van der Waals surface area contributed by atoms with Crippen LogP contribution in [-0.4, -0.2) is 52.5 Å². The summed E-state index contributed by atoms with van der Waals surface area (Å²) in [7, 11) is 4.10. The first-order valence-electron chi connectivity index (χ1n) is 4.66.